The molecule has 0 spiro atoms. The Kier molecular flexibility index (Phi) is 3.67. The second-order valence-corrected chi connectivity index (χ2v) is 5.28. The zero-order valence-electron chi connectivity index (χ0n) is 12.7. The number of carbonyl (C=O) groups excluding carboxylic acids is 1. The second-order valence-electron chi connectivity index (χ2n) is 5.28. The lowest BCUT2D eigenvalue weighted by Gasteiger charge is -2.21. The Morgan fingerprint density at radius 2 is 1.81 bits per heavy atom. The molecule has 112 valence electrons. The van der Waals surface area contributed by atoms with Crippen LogP contribution in [-0.2, 0) is 14.1 Å². The van der Waals surface area contributed by atoms with Crippen LogP contribution in [0.2, 0.25) is 0 Å². The van der Waals surface area contributed by atoms with Crippen LogP contribution < -0.4 is 11.2 Å². The van der Waals surface area contributed by atoms with Crippen molar-refractivity contribution in [2.24, 2.45) is 14.1 Å². The summed E-state index contributed by atoms with van der Waals surface area (Å²) in [4.78, 5) is 42.0. The van der Waals surface area contributed by atoms with E-state index in [1.165, 1.54) is 30.8 Å². The van der Waals surface area contributed by atoms with Gasteiger partial charge in [0.15, 0.2) is 0 Å². The monoisotopic (exact) mass is 290 g/mol. The average Bonchev–Trinajstić information content (AvgIpc) is 2.48. The molecule has 0 atom stereocenters. The molecule has 2 rings (SSSR count). The SMILES string of the molecule is CC(C)N(C)C(=O)c1ccc2c(=O)n(C)c(=O)n(C)c2n1. The molecule has 0 bridgehead atoms. The number of rotatable bonds is 2. The van der Waals surface area contributed by atoms with E-state index < -0.39 is 11.2 Å². The molecule has 1 amide bonds. The quantitative estimate of drug-likeness (QED) is 0.786. The summed E-state index contributed by atoms with van der Waals surface area (Å²) >= 11 is 0. The molecule has 2 aromatic rings. The predicted molar refractivity (Wildman–Crippen MR) is 79.5 cm³/mol. The third-order valence-electron chi connectivity index (χ3n) is 3.62. The summed E-state index contributed by atoms with van der Waals surface area (Å²) in [7, 11) is 4.62. The van der Waals surface area contributed by atoms with Crippen molar-refractivity contribution in [2.75, 3.05) is 7.05 Å². The van der Waals surface area contributed by atoms with E-state index in [0.717, 1.165) is 4.57 Å². The number of aromatic nitrogens is 3. The Balaban J connectivity index is 2.71. The van der Waals surface area contributed by atoms with Crippen LogP contribution in [0, 0.1) is 0 Å². The molecule has 0 saturated carbocycles. The van der Waals surface area contributed by atoms with E-state index >= 15 is 0 Å². The molecule has 0 aliphatic carbocycles. The normalized spacial score (nSPS) is 11.1. The van der Waals surface area contributed by atoms with Crippen LogP contribution in [0.1, 0.15) is 24.3 Å². The number of pyridine rings is 1. The van der Waals surface area contributed by atoms with E-state index in [1.54, 1.807) is 11.9 Å². The molecule has 0 unspecified atom stereocenters. The topological polar surface area (TPSA) is 77.2 Å². The van der Waals surface area contributed by atoms with Crippen LogP contribution >= 0.6 is 0 Å². The van der Waals surface area contributed by atoms with Crippen molar-refractivity contribution in [1.29, 1.82) is 0 Å². The highest BCUT2D eigenvalue weighted by Gasteiger charge is 2.18. The van der Waals surface area contributed by atoms with Crippen molar-refractivity contribution >= 4 is 16.9 Å². The maximum absolute atomic E-state index is 12.3. The van der Waals surface area contributed by atoms with Crippen molar-refractivity contribution < 1.29 is 4.79 Å². The maximum Gasteiger partial charge on any atom is 0.332 e. The first-order valence-electron chi connectivity index (χ1n) is 6.59. The molecule has 0 aliphatic heterocycles. The Labute approximate surface area is 121 Å². The van der Waals surface area contributed by atoms with Crippen LogP contribution in [0.3, 0.4) is 0 Å². The van der Waals surface area contributed by atoms with Gasteiger partial charge >= 0.3 is 5.69 Å². The fourth-order valence-corrected chi connectivity index (χ4v) is 1.99. The molecular weight excluding hydrogens is 272 g/mol. The lowest BCUT2D eigenvalue weighted by molar-refractivity contribution is 0.0749. The molecule has 7 nitrogen and oxygen atoms in total. The predicted octanol–water partition coefficient (Wildman–Crippen LogP) is 0.113. The lowest BCUT2D eigenvalue weighted by atomic mass is 10.2. The minimum Gasteiger partial charge on any atom is -0.338 e. The molecule has 0 saturated heterocycles. The van der Waals surface area contributed by atoms with Gasteiger partial charge in [-0.25, -0.2) is 9.78 Å². The van der Waals surface area contributed by atoms with Crippen molar-refractivity contribution in [3.8, 4) is 0 Å². The number of aryl methyl sites for hydroxylation is 1. The van der Waals surface area contributed by atoms with Gasteiger partial charge < -0.3 is 4.90 Å². The highest BCUT2D eigenvalue weighted by Crippen LogP contribution is 2.09. The fraction of sp³-hybridized carbons (Fsp3) is 0.429. The largest absolute Gasteiger partial charge is 0.338 e. The van der Waals surface area contributed by atoms with Crippen molar-refractivity contribution in [1.82, 2.24) is 19.0 Å². The fourth-order valence-electron chi connectivity index (χ4n) is 1.99. The van der Waals surface area contributed by atoms with E-state index in [4.69, 9.17) is 0 Å². The van der Waals surface area contributed by atoms with Gasteiger partial charge in [0.1, 0.15) is 11.3 Å². The Morgan fingerprint density at radius 1 is 1.19 bits per heavy atom. The molecule has 7 heteroatoms. The smallest absolute Gasteiger partial charge is 0.332 e. The highest BCUT2D eigenvalue weighted by molar-refractivity contribution is 5.94. The summed E-state index contributed by atoms with van der Waals surface area (Å²) in [6.45, 7) is 3.79. The second kappa shape index (κ2) is 5.16. The summed E-state index contributed by atoms with van der Waals surface area (Å²) in [5.41, 5.74) is -0.466. The third-order valence-corrected chi connectivity index (χ3v) is 3.62. The van der Waals surface area contributed by atoms with Crippen LogP contribution in [-0.4, -0.2) is 38.0 Å². The van der Waals surface area contributed by atoms with Gasteiger partial charge in [0.2, 0.25) is 0 Å². The van der Waals surface area contributed by atoms with E-state index in [1.807, 2.05) is 13.8 Å². The number of amides is 1. The molecule has 21 heavy (non-hydrogen) atoms. The number of nitrogens with zero attached hydrogens (tertiary/aromatic N) is 4. The molecule has 0 N–H and O–H groups in total. The van der Waals surface area contributed by atoms with Crippen molar-refractivity contribution in [2.45, 2.75) is 19.9 Å². The number of hydrogen-bond acceptors (Lipinski definition) is 4. The zero-order chi connectivity index (χ0) is 15.9. The summed E-state index contributed by atoms with van der Waals surface area (Å²) in [5, 5.41) is 0.309. The van der Waals surface area contributed by atoms with Gasteiger partial charge in [0.05, 0.1) is 5.39 Å². The van der Waals surface area contributed by atoms with Gasteiger partial charge in [-0.2, -0.15) is 0 Å². The molecule has 0 fully saturated rings. The first-order chi connectivity index (χ1) is 9.75. The van der Waals surface area contributed by atoms with Crippen molar-refractivity contribution in [3.05, 3.63) is 38.7 Å². The molecular formula is C14H18N4O3. The van der Waals surface area contributed by atoms with E-state index in [2.05, 4.69) is 4.98 Å². The lowest BCUT2D eigenvalue weighted by Crippen LogP contribution is -2.38. The zero-order valence-corrected chi connectivity index (χ0v) is 12.7. The Morgan fingerprint density at radius 3 is 2.38 bits per heavy atom. The van der Waals surface area contributed by atoms with Gasteiger partial charge in [-0.05, 0) is 26.0 Å². The van der Waals surface area contributed by atoms with Gasteiger partial charge in [-0.1, -0.05) is 0 Å². The van der Waals surface area contributed by atoms with Gasteiger partial charge in [0.25, 0.3) is 11.5 Å². The highest BCUT2D eigenvalue weighted by atomic mass is 16.2. The molecule has 0 aromatic carbocycles. The van der Waals surface area contributed by atoms with E-state index in [-0.39, 0.29) is 23.3 Å². The number of hydrogen-bond donors (Lipinski definition) is 0. The summed E-state index contributed by atoms with van der Waals surface area (Å²) < 4.78 is 2.29. The van der Waals surface area contributed by atoms with Crippen LogP contribution in [0.25, 0.3) is 11.0 Å². The minimum absolute atomic E-state index is 0.0301. The minimum atomic E-state index is -0.471. The maximum atomic E-state index is 12.3. The first kappa shape index (κ1) is 15.0. The Bertz CT molecular complexity index is 832. The average molecular weight is 290 g/mol. The van der Waals surface area contributed by atoms with E-state index in [0.29, 0.717) is 5.39 Å². The van der Waals surface area contributed by atoms with E-state index in [9.17, 15) is 14.4 Å². The molecule has 0 aliphatic rings. The number of carbonyl (C=O) groups is 1. The van der Waals surface area contributed by atoms with Crippen LogP contribution in [0.5, 0.6) is 0 Å². The molecule has 2 aromatic heterocycles. The summed E-state index contributed by atoms with van der Waals surface area (Å²) in [6.07, 6.45) is 0. The first-order valence-corrected chi connectivity index (χ1v) is 6.59. The van der Waals surface area contributed by atoms with Crippen LogP contribution in [0.4, 0.5) is 0 Å². The van der Waals surface area contributed by atoms with Gasteiger partial charge in [-0.15, -0.1) is 0 Å². The molecule has 0 radical (unpaired) electrons. The number of fused-ring (bicyclic) bond motifs is 1. The van der Waals surface area contributed by atoms with Crippen molar-refractivity contribution in [3.63, 3.8) is 0 Å². The summed E-state index contributed by atoms with van der Waals surface area (Å²) in [5.74, 6) is -0.250. The standard InChI is InChI=1S/C14H18N4O3/c1-8(2)16(3)13(20)10-7-6-9-11(15-10)17(4)14(21)18(5)12(9)19/h6-8H,1-5H3. The third kappa shape index (κ3) is 2.35. The van der Waals surface area contributed by atoms with Crippen LogP contribution in [0.15, 0.2) is 21.7 Å². The summed E-state index contributed by atoms with van der Waals surface area (Å²) in [6, 6.07) is 3.07. The van der Waals surface area contributed by atoms with Gasteiger partial charge in [-0.3, -0.25) is 18.7 Å². The van der Waals surface area contributed by atoms with Gasteiger partial charge in [0, 0.05) is 27.2 Å². The molecule has 2 heterocycles. The Hall–Kier alpha value is -2.44.